The van der Waals surface area contributed by atoms with Crippen LogP contribution in [0.5, 0.6) is 17.2 Å². The van der Waals surface area contributed by atoms with E-state index in [0.717, 1.165) is 5.76 Å². The van der Waals surface area contributed by atoms with Crippen molar-refractivity contribution in [3.8, 4) is 17.2 Å². The Kier molecular flexibility index (Phi) is 4.93. The van der Waals surface area contributed by atoms with Crippen LogP contribution in [-0.2, 0) is 6.54 Å². The summed E-state index contributed by atoms with van der Waals surface area (Å²) in [4.78, 5) is 12.3. The van der Waals surface area contributed by atoms with E-state index in [9.17, 15) is 4.79 Å². The number of carbonyl (C=O) groups excluding carboxylic acids is 1. The van der Waals surface area contributed by atoms with E-state index in [1.807, 2.05) is 19.1 Å². The van der Waals surface area contributed by atoms with Gasteiger partial charge in [-0.15, -0.1) is 0 Å². The van der Waals surface area contributed by atoms with Gasteiger partial charge in [-0.3, -0.25) is 4.79 Å². The van der Waals surface area contributed by atoms with E-state index in [1.165, 1.54) is 21.3 Å². The minimum absolute atomic E-state index is 0.256. The lowest BCUT2D eigenvalue weighted by molar-refractivity contribution is 0.0947. The van der Waals surface area contributed by atoms with Crippen LogP contribution in [0.1, 0.15) is 21.9 Å². The fourth-order valence-corrected chi connectivity index (χ4v) is 2.06. The van der Waals surface area contributed by atoms with Crippen molar-refractivity contribution in [2.45, 2.75) is 13.5 Å². The van der Waals surface area contributed by atoms with Crippen LogP contribution >= 0.6 is 0 Å². The molecule has 0 bridgehead atoms. The molecule has 0 fully saturated rings. The molecule has 1 amide bonds. The third-order valence-electron chi connectivity index (χ3n) is 3.15. The zero-order chi connectivity index (χ0) is 16.1. The number of carbonyl (C=O) groups is 1. The SMILES string of the molecule is COc1cc(C(=O)NCc2ccc(C)o2)cc(OC)c1OC. The van der Waals surface area contributed by atoms with Crippen molar-refractivity contribution in [3.05, 3.63) is 41.3 Å². The topological polar surface area (TPSA) is 69.9 Å². The van der Waals surface area contributed by atoms with Gasteiger partial charge >= 0.3 is 0 Å². The Hall–Kier alpha value is -2.63. The maximum atomic E-state index is 12.3. The second kappa shape index (κ2) is 6.89. The number of ether oxygens (including phenoxy) is 3. The van der Waals surface area contributed by atoms with Crippen molar-refractivity contribution < 1.29 is 23.4 Å². The van der Waals surface area contributed by atoms with Gasteiger partial charge in [0.25, 0.3) is 5.91 Å². The highest BCUT2D eigenvalue weighted by Crippen LogP contribution is 2.38. The van der Waals surface area contributed by atoms with Crippen LogP contribution in [-0.4, -0.2) is 27.2 Å². The summed E-state index contributed by atoms with van der Waals surface area (Å²) in [7, 11) is 4.52. The van der Waals surface area contributed by atoms with Crippen molar-refractivity contribution >= 4 is 5.91 Å². The Morgan fingerprint density at radius 2 is 1.73 bits per heavy atom. The Morgan fingerprint density at radius 3 is 2.18 bits per heavy atom. The first-order chi connectivity index (χ1) is 10.6. The van der Waals surface area contributed by atoms with Gasteiger partial charge in [0, 0.05) is 5.56 Å². The molecule has 118 valence electrons. The van der Waals surface area contributed by atoms with E-state index >= 15 is 0 Å². The number of benzene rings is 1. The first kappa shape index (κ1) is 15.8. The van der Waals surface area contributed by atoms with Gasteiger partial charge < -0.3 is 23.9 Å². The second-order valence-corrected chi connectivity index (χ2v) is 4.61. The van der Waals surface area contributed by atoms with Crippen molar-refractivity contribution in [2.24, 2.45) is 0 Å². The van der Waals surface area contributed by atoms with E-state index in [2.05, 4.69) is 5.32 Å². The molecule has 0 unspecified atom stereocenters. The molecule has 1 aromatic carbocycles. The zero-order valence-corrected chi connectivity index (χ0v) is 13.1. The normalized spacial score (nSPS) is 10.2. The molecular weight excluding hydrogens is 286 g/mol. The summed E-state index contributed by atoms with van der Waals surface area (Å²) in [5.74, 6) is 2.55. The van der Waals surface area contributed by atoms with Crippen LogP contribution in [0.3, 0.4) is 0 Å². The van der Waals surface area contributed by atoms with Crippen LogP contribution in [0.25, 0.3) is 0 Å². The maximum absolute atomic E-state index is 12.3. The molecule has 1 heterocycles. The van der Waals surface area contributed by atoms with Crippen LogP contribution in [0, 0.1) is 6.92 Å². The standard InChI is InChI=1S/C16H19NO5/c1-10-5-6-12(22-10)9-17-16(18)11-7-13(19-2)15(21-4)14(8-11)20-3/h5-8H,9H2,1-4H3,(H,17,18). The van der Waals surface area contributed by atoms with E-state index in [0.29, 0.717) is 35.1 Å². The number of nitrogens with one attached hydrogen (secondary N) is 1. The average Bonchev–Trinajstić information content (AvgIpc) is 2.96. The molecule has 0 saturated heterocycles. The number of furan rings is 1. The first-order valence-electron chi connectivity index (χ1n) is 6.72. The van der Waals surface area contributed by atoms with Gasteiger partial charge in [0.05, 0.1) is 27.9 Å². The summed E-state index contributed by atoms with van der Waals surface area (Å²) < 4.78 is 21.1. The van der Waals surface area contributed by atoms with Gasteiger partial charge in [-0.2, -0.15) is 0 Å². The Balaban J connectivity index is 2.18. The van der Waals surface area contributed by atoms with Gasteiger partial charge in [-0.05, 0) is 31.2 Å². The fraction of sp³-hybridized carbons (Fsp3) is 0.312. The fourth-order valence-electron chi connectivity index (χ4n) is 2.06. The lowest BCUT2D eigenvalue weighted by Crippen LogP contribution is -2.22. The molecule has 6 nitrogen and oxygen atoms in total. The van der Waals surface area contributed by atoms with Gasteiger partial charge in [-0.1, -0.05) is 0 Å². The minimum Gasteiger partial charge on any atom is -0.493 e. The van der Waals surface area contributed by atoms with Gasteiger partial charge in [0.1, 0.15) is 11.5 Å². The molecule has 0 radical (unpaired) electrons. The number of methoxy groups -OCH3 is 3. The highest BCUT2D eigenvalue weighted by Gasteiger charge is 2.17. The van der Waals surface area contributed by atoms with E-state index in [4.69, 9.17) is 18.6 Å². The molecule has 2 rings (SSSR count). The number of rotatable bonds is 6. The lowest BCUT2D eigenvalue weighted by atomic mass is 10.1. The summed E-state index contributed by atoms with van der Waals surface area (Å²) in [6, 6.07) is 6.87. The van der Waals surface area contributed by atoms with E-state index < -0.39 is 0 Å². The van der Waals surface area contributed by atoms with Crippen LogP contribution in [0.4, 0.5) is 0 Å². The molecule has 0 saturated carbocycles. The zero-order valence-electron chi connectivity index (χ0n) is 13.1. The Morgan fingerprint density at radius 1 is 1.09 bits per heavy atom. The third kappa shape index (κ3) is 3.33. The van der Waals surface area contributed by atoms with Crippen molar-refractivity contribution in [1.82, 2.24) is 5.32 Å². The minimum atomic E-state index is -0.256. The van der Waals surface area contributed by atoms with Crippen LogP contribution in [0.2, 0.25) is 0 Å². The molecule has 0 atom stereocenters. The van der Waals surface area contributed by atoms with Gasteiger partial charge in [-0.25, -0.2) is 0 Å². The second-order valence-electron chi connectivity index (χ2n) is 4.61. The molecular formula is C16H19NO5. The van der Waals surface area contributed by atoms with Gasteiger partial charge in [0.15, 0.2) is 11.5 Å². The molecule has 2 aromatic rings. The summed E-state index contributed by atoms with van der Waals surface area (Å²) in [6.07, 6.45) is 0. The van der Waals surface area contributed by atoms with Crippen molar-refractivity contribution in [2.75, 3.05) is 21.3 Å². The predicted octanol–water partition coefficient (Wildman–Crippen LogP) is 2.54. The third-order valence-corrected chi connectivity index (χ3v) is 3.15. The highest BCUT2D eigenvalue weighted by atomic mass is 16.5. The molecule has 0 spiro atoms. The number of hydrogen-bond donors (Lipinski definition) is 1. The molecule has 1 aromatic heterocycles. The van der Waals surface area contributed by atoms with Gasteiger partial charge in [0.2, 0.25) is 5.75 Å². The van der Waals surface area contributed by atoms with E-state index in [-0.39, 0.29) is 5.91 Å². The van der Waals surface area contributed by atoms with E-state index in [1.54, 1.807) is 12.1 Å². The first-order valence-corrected chi connectivity index (χ1v) is 6.72. The summed E-state index contributed by atoms with van der Waals surface area (Å²) >= 11 is 0. The molecule has 1 N–H and O–H groups in total. The number of aryl methyl sites for hydroxylation is 1. The predicted molar refractivity (Wildman–Crippen MR) is 80.7 cm³/mol. The molecule has 22 heavy (non-hydrogen) atoms. The highest BCUT2D eigenvalue weighted by molar-refractivity contribution is 5.95. The largest absolute Gasteiger partial charge is 0.493 e. The summed E-state index contributed by atoms with van der Waals surface area (Å²) in [6.45, 7) is 2.16. The molecule has 6 heteroatoms. The van der Waals surface area contributed by atoms with Crippen LogP contribution < -0.4 is 19.5 Å². The molecule has 0 aliphatic carbocycles. The van der Waals surface area contributed by atoms with Crippen molar-refractivity contribution in [1.29, 1.82) is 0 Å². The quantitative estimate of drug-likeness (QED) is 0.888. The smallest absolute Gasteiger partial charge is 0.251 e. The summed E-state index contributed by atoms with van der Waals surface area (Å²) in [5.41, 5.74) is 0.415. The van der Waals surface area contributed by atoms with Crippen molar-refractivity contribution in [3.63, 3.8) is 0 Å². The number of amides is 1. The molecule has 0 aliphatic heterocycles. The maximum Gasteiger partial charge on any atom is 0.251 e. The monoisotopic (exact) mass is 305 g/mol. The number of hydrogen-bond acceptors (Lipinski definition) is 5. The average molecular weight is 305 g/mol. The molecule has 0 aliphatic rings. The summed E-state index contributed by atoms with van der Waals surface area (Å²) in [5, 5.41) is 2.78. The Labute approximate surface area is 129 Å². The van der Waals surface area contributed by atoms with Crippen LogP contribution in [0.15, 0.2) is 28.7 Å². The Bertz CT molecular complexity index is 637. The lowest BCUT2D eigenvalue weighted by Gasteiger charge is -2.13.